The van der Waals surface area contributed by atoms with E-state index in [-0.39, 0.29) is 10.6 Å². The number of benzene rings is 2. The summed E-state index contributed by atoms with van der Waals surface area (Å²) < 4.78 is 7.36. The largest absolute Gasteiger partial charge is 0.491 e. The molecule has 0 saturated heterocycles. The highest BCUT2D eigenvalue weighted by Gasteiger charge is 2.25. The number of rotatable bonds is 7. The summed E-state index contributed by atoms with van der Waals surface area (Å²) in [6.07, 6.45) is 0.512. The van der Waals surface area contributed by atoms with Crippen LogP contribution in [-0.2, 0) is 13.5 Å². The summed E-state index contributed by atoms with van der Waals surface area (Å²) in [5.74, 6) is 1.21. The molecule has 1 aromatic heterocycles. The number of nitrogens with one attached hydrogen (secondary N) is 1. The molecule has 1 heterocycles. The van der Waals surface area contributed by atoms with Gasteiger partial charge in [-0.2, -0.15) is 5.10 Å². The van der Waals surface area contributed by atoms with Gasteiger partial charge in [0, 0.05) is 12.4 Å². The van der Waals surface area contributed by atoms with Gasteiger partial charge in [-0.3, -0.25) is 10.1 Å². The summed E-state index contributed by atoms with van der Waals surface area (Å²) in [6, 6.07) is 13.9. The Morgan fingerprint density at radius 2 is 2.00 bits per heavy atom. The van der Waals surface area contributed by atoms with Crippen LogP contribution in [0.25, 0.3) is 10.8 Å². The first-order valence-electron chi connectivity index (χ1n) is 8.16. The molecule has 3 aromatic rings. The van der Waals surface area contributed by atoms with Crippen molar-refractivity contribution >= 4 is 22.3 Å². The molecular weight excluding hydrogens is 320 g/mol. The van der Waals surface area contributed by atoms with Gasteiger partial charge in [0.2, 0.25) is 5.82 Å². The molecule has 0 aliphatic heterocycles. The smallest absolute Gasteiger partial charge is 0.333 e. The second-order valence-electron chi connectivity index (χ2n) is 5.63. The maximum atomic E-state index is 11.3. The molecule has 3 rings (SSSR count). The molecule has 1 N–H and O–H groups in total. The lowest BCUT2D eigenvalue weighted by Gasteiger charge is -2.10. The Morgan fingerprint density at radius 3 is 2.76 bits per heavy atom. The fourth-order valence-electron chi connectivity index (χ4n) is 2.85. The number of anilines is 1. The standard InChI is InChI=1S/C18H20N4O3/c1-3-15-17(22(23)24)18(21(2)20-15)19-11-12-25-16-10-6-8-13-7-4-5-9-14(13)16/h4-10,19H,3,11-12H2,1-2H3. The first-order chi connectivity index (χ1) is 12.1. The van der Waals surface area contributed by atoms with E-state index in [9.17, 15) is 10.1 Å². The third kappa shape index (κ3) is 3.40. The summed E-state index contributed by atoms with van der Waals surface area (Å²) in [5.41, 5.74) is 0.514. The van der Waals surface area contributed by atoms with E-state index in [0.29, 0.717) is 31.1 Å². The molecule has 0 atom stereocenters. The van der Waals surface area contributed by atoms with Crippen LogP contribution in [0.3, 0.4) is 0 Å². The van der Waals surface area contributed by atoms with Crippen molar-refractivity contribution in [2.45, 2.75) is 13.3 Å². The van der Waals surface area contributed by atoms with Crippen molar-refractivity contribution in [1.29, 1.82) is 0 Å². The number of nitrogens with zero attached hydrogens (tertiary/aromatic N) is 3. The second-order valence-corrected chi connectivity index (χ2v) is 5.63. The van der Waals surface area contributed by atoms with Crippen LogP contribution in [0.1, 0.15) is 12.6 Å². The lowest BCUT2D eigenvalue weighted by atomic mass is 10.1. The second kappa shape index (κ2) is 7.21. The van der Waals surface area contributed by atoms with Gasteiger partial charge in [-0.15, -0.1) is 0 Å². The number of fused-ring (bicyclic) bond motifs is 1. The van der Waals surface area contributed by atoms with E-state index in [4.69, 9.17) is 4.74 Å². The van der Waals surface area contributed by atoms with Crippen LogP contribution in [-0.4, -0.2) is 27.9 Å². The van der Waals surface area contributed by atoms with Gasteiger partial charge < -0.3 is 10.1 Å². The normalized spacial score (nSPS) is 10.8. The lowest BCUT2D eigenvalue weighted by molar-refractivity contribution is -0.384. The quantitative estimate of drug-likeness (QED) is 0.404. The molecule has 25 heavy (non-hydrogen) atoms. The predicted molar refractivity (Wildman–Crippen MR) is 97.2 cm³/mol. The maximum Gasteiger partial charge on any atom is 0.333 e. The maximum absolute atomic E-state index is 11.3. The summed E-state index contributed by atoms with van der Waals surface area (Å²) in [7, 11) is 1.69. The SMILES string of the molecule is CCc1nn(C)c(NCCOc2cccc3ccccc23)c1[N+](=O)[O-]. The molecule has 7 heteroatoms. The van der Waals surface area contributed by atoms with Crippen molar-refractivity contribution in [3.8, 4) is 5.75 Å². The minimum atomic E-state index is -0.389. The van der Waals surface area contributed by atoms with Crippen molar-refractivity contribution in [3.05, 3.63) is 58.3 Å². The van der Waals surface area contributed by atoms with E-state index >= 15 is 0 Å². The molecular formula is C18H20N4O3. The van der Waals surface area contributed by atoms with Crippen molar-refractivity contribution in [2.75, 3.05) is 18.5 Å². The van der Waals surface area contributed by atoms with Crippen LogP contribution in [0.4, 0.5) is 11.5 Å². The third-order valence-electron chi connectivity index (χ3n) is 4.01. The monoisotopic (exact) mass is 340 g/mol. The van der Waals surface area contributed by atoms with Gasteiger partial charge in [0.25, 0.3) is 0 Å². The molecule has 0 aliphatic carbocycles. The van der Waals surface area contributed by atoms with E-state index < -0.39 is 0 Å². The third-order valence-corrected chi connectivity index (χ3v) is 4.01. The minimum absolute atomic E-state index is 0.0372. The Morgan fingerprint density at radius 1 is 1.24 bits per heavy atom. The van der Waals surface area contributed by atoms with Gasteiger partial charge in [0.15, 0.2) is 0 Å². The highest BCUT2D eigenvalue weighted by atomic mass is 16.6. The van der Waals surface area contributed by atoms with Crippen molar-refractivity contribution in [3.63, 3.8) is 0 Å². The van der Waals surface area contributed by atoms with Crippen LogP contribution < -0.4 is 10.1 Å². The van der Waals surface area contributed by atoms with Crippen LogP contribution >= 0.6 is 0 Å². The number of nitro groups is 1. The fraction of sp³-hybridized carbons (Fsp3) is 0.278. The Labute approximate surface area is 145 Å². The first-order valence-corrected chi connectivity index (χ1v) is 8.16. The van der Waals surface area contributed by atoms with Crippen molar-refractivity contribution in [1.82, 2.24) is 9.78 Å². The van der Waals surface area contributed by atoms with Gasteiger partial charge in [-0.1, -0.05) is 43.3 Å². The molecule has 0 saturated carbocycles. The summed E-state index contributed by atoms with van der Waals surface area (Å²) >= 11 is 0. The fourth-order valence-corrected chi connectivity index (χ4v) is 2.85. The molecule has 0 amide bonds. The lowest BCUT2D eigenvalue weighted by Crippen LogP contribution is -2.14. The van der Waals surface area contributed by atoms with Gasteiger partial charge >= 0.3 is 5.69 Å². The van der Waals surface area contributed by atoms with Crippen LogP contribution in [0.2, 0.25) is 0 Å². The summed E-state index contributed by atoms with van der Waals surface area (Å²) in [6.45, 7) is 2.67. The molecule has 0 bridgehead atoms. The molecule has 7 nitrogen and oxygen atoms in total. The van der Waals surface area contributed by atoms with Gasteiger partial charge in [0.05, 0.1) is 11.5 Å². The van der Waals surface area contributed by atoms with Crippen molar-refractivity contribution < 1.29 is 9.66 Å². The number of aromatic nitrogens is 2. The number of aryl methyl sites for hydroxylation is 2. The Hall–Kier alpha value is -3.09. The molecule has 0 spiro atoms. The summed E-state index contributed by atoms with van der Waals surface area (Å²) in [4.78, 5) is 10.9. The molecule has 130 valence electrons. The first kappa shape index (κ1) is 16.8. The zero-order valence-corrected chi connectivity index (χ0v) is 14.2. The predicted octanol–water partition coefficient (Wildman–Crippen LogP) is 3.53. The Bertz CT molecular complexity index is 899. The van der Waals surface area contributed by atoms with E-state index in [1.54, 1.807) is 7.05 Å². The number of hydrogen-bond acceptors (Lipinski definition) is 5. The summed E-state index contributed by atoms with van der Waals surface area (Å²) in [5, 5.41) is 20.7. The average Bonchev–Trinajstić information content (AvgIpc) is 2.94. The van der Waals surface area contributed by atoms with Crippen LogP contribution in [0.15, 0.2) is 42.5 Å². The van der Waals surface area contributed by atoms with E-state index in [2.05, 4.69) is 10.4 Å². The van der Waals surface area contributed by atoms with Crippen LogP contribution in [0, 0.1) is 10.1 Å². The molecule has 0 fully saturated rings. The van der Waals surface area contributed by atoms with E-state index in [1.165, 1.54) is 4.68 Å². The highest BCUT2D eigenvalue weighted by molar-refractivity contribution is 5.88. The molecule has 0 unspecified atom stereocenters. The van der Waals surface area contributed by atoms with Gasteiger partial charge in [0.1, 0.15) is 18.1 Å². The van der Waals surface area contributed by atoms with Gasteiger partial charge in [-0.05, 0) is 17.9 Å². The number of hydrogen-bond donors (Lipinski definition) is 1. The molecule has 2 aromatic carbocycles. The number of ether oxygens (including phenoxy) is 1. The minimum Gasteiger partial charge on any atom is -0.491 e. The Balaban J connectivity index is 1.68. The topological polar surface area (TPSA) is 82.2 Å². The Kier molecular flexibility index (Phi) is 4.83. The zero-order valence-electron chi connectivity index (χ0n) is 14.2. The van der Waals surface area contributed by atoms with E-state index in [1.807, 2.05) is 49.4 Å². The highest BCUT2D eigenvalue weighted by Crippen LogP contribution is 2.28. The van der Waals surface area contributed by atoms with Crippen molar-refractivity contribution in [2.24, 2.45) is 7.05 Å². The average molecular weight is 340 g/mol. The van der Waals surface area contributed by atoms with Crippen LogP contribution in [0.5, 0.6) is 5.75 Å². The van der Waals surface area contributed by atoms with E-state index in [0.717, 1.165) is 16.5 Å². The van der Waals surface area contributed by atoms with Gasteiger partial charge in [-0.25, -0.2) is 4.68 Å². The zero-order chi connectivity index (χ0) is 17.8. The molecule has 0 aliphatic rings. The molecule has 0 radical (unpaired) electrons.